The van der Waals surface area contributed by atoms with E-state index in [4.69, 9.17) is 17.6 Å². The van der Waals surface area contributed by atoms with E-state index in [9.17, 15) is 2.74 Å². The summed E-state index contributed by atoms with van der Waals surface area (Å²) in [5.74, 6) is 5.90. The van der Waals surface area contributed by atoms with Gasteiger partial charge in [0.2, 0.25) is 0 Å². The zero-order chi connectivity index (χ0) is 51.5. The summed E-state index contributed by atoms with van der Waals surface area (Å²) in [7, 11) is 0. The molecule has 0 fully saturated rings. The van der Waals surface area contributed by atoms with Gasteiger partial charge in [0.05, 0.1) is 22.4 Å². The molecule has 3 aromatic heterocycles. The summed E-state index contributed by atoms with van der Waals surface area (Å²) in [6, 6.07) is 56.1. The number of fused-ring (bicyclic) bond motifs is 4. The molecule has 1 radical (unpaired) electrons. The van der Waals surface area contributed by atoms with Gasteiger partial charge in [-0.2, -0.15) is 0 Å². The molecule has 6 heteroatoms. The second kappa shape index (κ2) is 18.9. The molecule has 0 amide bonds. The van der Waals surface area contributed by atoms with E-state index < -0.39 is 38.8 Å². The van der Waals surface area contributed by atoms with Crippen molar-refractivity contribution in [2.45, 2.75) is 70.5 Å². The minimum atomic E-state index is -2.18. The van der Waals surface area contributed by atoms with E-state index in [1.54, 1.807) is 12.1 Å². The summed E-state index contributed by atoms with van der Waals surface area (Å²) in [6.07, 6.45) is 1.30. The zero-order valence-electron chi connectivity index (χ0n) is 45.6. The predicted molar refractivity (Wildman–Crippen MR) is 273 cm³/mol. The maximum atomic E-state index is 9.55. The molecule has 10 aromatic rings. The first-order valence-electron chi connectivity index (χ1n) is 25.6. The van der Waals surface area contributed by atoms with Crippen molar-refractivity contribution in [1.29, 1.82) is 0 Å². The van der Waals surface area contributed by atoms with Gasteiger partial charge in [0, 0.05) is 42.7 Å². The summed E-state index contributed by atoms with van der Waals surface area (Å²) >= 11 is -1.90. The van der Waals surface area contributed by atoms with E-state index in [1.807, 2.05) is 76.2 Å². The first-order chi connectivity index (χ1) is 33.9. The molecule has 0 N–H and O–H groups in total. The molecule has 65 heavy (non-hydrogen) atoms. The van der Waals surface area contributed by atoms with Crippen molar-refractivity contribution >= 4 is 50.6 Å². The van der Waals surface area contributed by atoms with Crippen molar-refractivity contribution in [2.24, 2.45) is 0 Å². The zero-order valence-corrected chi connectivity index (χ0v) is 42.1. The number of imidazole rings is 1. The van der Waals surface area contributed by atoms with Gasteiger partial charge in [-0.25, -0.2) is 0 Å². The number of aryl methyl sites for hydroxylation is 2. The van der Waals surface area contributed by atoms with Crippen molar-refractivity contribution in [2.75, 3.05) is 0 Å². The molecular formula is C59H55GeIrN3O-2. The topological polar surface area (TPSA) is 43.9 Å². The Bertz CT molecular complexity index is 3490. The van der Waals surface area contributed by atoms with Crippen molar-refractivity contribution in [1.82, 2.24) is 14.5 Å². The van der Waals surface area contributed by atoms with Crippen LogP contribution in [-0.2, 0) is 20.1 Å². The van der Waals surface area contributed by atoms with E-state index in [0.717, 1.165) is 60.9 Å². The molecule has 0 unspecified atom stereocenters. The molecule has 3 heterocycles. The van der Waals surface area contributed by atoms with Crippen LogP contribution in [0.25, 0.3) is 83.6 Å². The Kier molecular flexibility index (Phi) is 10.6. The maximum absolute atomic E-state index is 9.55. The fraction of sp³-hybridized carbons (Fsp3) is 0.186. The van der Waals surface area contributed by atoms with E-state index in [-0.39, 0.29) is 31.2 Å². The van der Waals surface area contributed by atoms with Gasteiger partial charge in [-0.15, -0.1) is 53.6 Å². The standard InChI is InChI=1S/C46H43GeN2O.C13H12N.Ir/c1-29(2)39-27-34(33-21-19-31(20-22-33)32-23-25-35(26-24-32)47(5,6)7)28-40(30(3)4)44(39)49-42-17-10-9-16-41(42)48-46(49)38-15-12-14-37-36-13-8-11-18-43(36)50-45(37)38;1-10-3-6-12(7-4-10)13-8-5-11(2)9-14-13;/h8-14,16-30H,1-7H3;3-6,8-9H,1-2H3;/q2*-1;/i29D,30D;1D3,2D3;. The van der Waals surface area contributed by atoms with Crippen LogP contribution in [0, 0.1) is 25.8 Å². The van der Waals surface area contributed by atoms with Gasteiger partial charge >= 0.3 is 146 Å². The van der Waals surface area contributed by atoms with Gasteiger partial charge in [0.25, 0.3) is 0 Å². The average molecular weight is 1090 g/mol. The Balaban J connectivity index is 0.000000285. The summed E-state index contributed by atoms with van der Waals surface area (Å²) in [5.41, 5.74) is 12.3. The smallest absolute Gasteiger partial charge is 0.501 e. The van der Waals surface area contributed by atoms with Crippen LogP contribution in [0.15, 0.2) is 162 Å². The molecule has 0 aliphatic heterocycles. The first-order valence-corrected chi connectivity index (χ1v) is 28.9. The van der Waals surface area contributed by atoms with Crippen LogP contribution in [0.5, 0.6) is 0 Å². The fourth-order valence-corrected chi connectivity index (χ4v) is 10.7. The minimum absolute atomic E-state index is 0. The second-order valence-corrected chi connectivity index (χ2v) is 28.4. The molecule has 10 rings (SSSR count). The number of hydrogen-bond acceptors (Lipinski definition) is 3. The van der Waals surface area contributed by atoms with Gasteiger partial charge in [0.15, 0.2) is 0 Å². The fourth-order valence-electron chi connectivity index (χ4n) is 8.24. The molecule has 0 bridgehead atoms. The molecule has 0 aliphatic rings. The van der Waals surface area contributed by atoms with Crippen LogP contribution < -0.4 is 4.40 Å². The molecule has 4 nitrogen and oxygen atoms in total. The Morgan fingerprint density at radius 2 is 1.29 bits per heavy atom. The van der Waals surface area contributed by atoms with Crippen LogP contribution >= 0.6 is 0 Å². The number of nitrogens with zero attached hydrogens (tertiary/aromatic N) is 3. The summed E-state index contributed by atoms with van der Waals surface area (Å²) < 4.78 is 72.9. The summed E-state index contributed by atoms with van der Waals surface area (Å²) in [6.45, 7) is 3.36. The van der Waals surface area contributed by atoms with Crippen LogP contribution in [0.2, 0.25) is 17.3 Å². The van der Waals surface area contributed by atoms with Crippen LogP contribution in [0.4, 0.5) is 0 Å². The third kappa shape index (κ3) is 9.33. The van der Waals surface area contributed by atoms with Crippen molar-refractivity contribution in [3.05, 3.63) is 192 Å². The summed E-state index contributed by atoms with van der Waals surface area (Å²) in [4.78, 5) is 9.29. The van der Waals surface area contributed by atoms with Crippen LogP contribution in [0.1, 0.15) is 72.7 Å². The van der Waals surface area contributed by atoms with Gasteiger partial charge in [-0.05, 0) is 36.3 Å². The normalized spacial score (nSPS) is 14.1. The molecule has 0 spiro atoms. The Morgan fingerprint density at radius 1 is 0.662 bits per heavy atom. The van der Waals surface area contributed by atoms with E-state index in [0.29, 0.717) is 22.7 Å². The molecule has 7 aromatic carbocycles. The van der Waals surface area contributed by atoms with Gasteiger partial charge < -0.3 is 14.0 Å². The van der Waals surface area contributed by atoms with Crippen molar-refractivity contribution in [3.8, 4) is 50.6 Å². The number of para-hydroxylation sites is 3. The molecule has 327 valence electrons. The monoisotopic (exact) mass is 1100 g/mol. The molecule has 0 saturated carbocycles. The number of pyridine rings is 1. The van der Waals surface area contributed by atoms with Gasteiger partial charge in [-0.1, -0.05) is 88.0 Å². The second-order valence-electron chi connectivity index (χ2n) is 17.7. The third-order valence-electron chi connectivity index (χ3n) is 11.7. The van der Waals surface area contributed by atoms with E-state index in [1.165, 1.54) is 39.9 Å². The van der Waals surface area contributed by atoms with Crippen molar-refractivity contribution < 1.29 is 35.5 Å². The average Bonchev–Trinajstić information content (AvgIpc) is 3.92. The van der Waals surface area contributed by atoms with Crippen molar-refractivity contribution in [3.63, 3.8) is 0 Å². The van der Waals surface area contributed by atoms with E-state index >= 15 is 0 Å². The first kappa shape index (κ1) is 36.4. The summed E-state index contributed by atoms with van der Waals surface area (Å²) in [5, 5.41) is 2.03. The number of furan rings is 1. The molecule has 0 saturated heterocycles. The Labute approximate surface area is 411 Å². The number of benzene rings is 7. The van der Waals surface area contributed by atoms with Crippen LogP contribution in [0.3, 0.4) is 0 Å². The number of aromatic nitrogens is 3. The molecular weight excluding hydrogens is 1030 g/mol. The minimum Gasteiger partial charge on any atom is -0.501 e. The quantitative estimate of drug-likeness (QED) is 0.112. The Hall–Kier alpha value is -5.85. The van der Waals surface area contributed by atoms with Gasteiger partial charge in [0.1, 0.15) is 5.58 Å². The third-order valence-corrected chi connectivity index (χ3v) is 16.0. The van der Waals surface area contributed by atoms with E-state index in [2.05, 4.69) is 112 Å². The SMILES string of the molecule is [2H]C(C)(C)c1cc(-c2ccc(-c3cc[c]([Ge]([CH3])([CH3])[CH3])cc3)cc2)cc(C([2H])(C)C)c1-n1c(-c2[c-]ccc3c2oc2ccccc23)nc2ccccc21.[2H]C([2H])([2H])c1c[c-]c(-c2ccc(C([2H])([2H])[2H])cn2)cc1.[Ir]. The molecule has 0 atom stereocenters. The van der Waals surface area contributed by atoms with Crippen LogP contribution in [-0.4, -0.2) is 27.8 Å². The number of rotatable bonds is 8. The predicted octanol–water partition coefficient (Wildman–Crippen LogP) is 15.7. The molecule has 0 aliphatic carbocycles. The number of hydrogen-bond donors (Lipinski definition) is 0. The van der Waals surface area contributed by atoms with Gasteiger partial charge in [-0.3, -0.25) is 4.98 Å². The Morgan fingerprint density at radius 3 is 1.91 bits per heavy atom.